The van der Waals surface area contributed by atoms with E-state index in [2.05, 4.69) is 5.32 Å². The summed E-state index contributed by atoms with van der Waals surface area (Å²) < 4.78 is 10.7. The fourth-order valence-electron chi connectivity index (χ4n) is 2.55. The van der Waals surface area contributed by atoms with Crippen LogP contribution in [0.15, 0.2) is 36.4 Å². The summed E-state index contributed by atoms with van der Waals surface area (Å²) in [5, 5.41) is 3.44. The SMILES string of the molecule is COc1cc(C)c(CN(C)CC(=O)Nc2cccc(Cl)c2)cc1OC. The molecular formula is C19H23ClN2O3. The molecule has 134 valence electrons. The number of amides is 1. The van der Waals surface area contributed by atoms with Gasteiger partial charge in [-0.3, -0.25) is 9.69 Å². The van der Waals surface area contributed by atoms with E-state index in [1.165, 1.54) is 0 Å². The molecule has 5 nitrogen and oxygen atoms in total. The van der Waals surface area contributed by atoms with Crippen molar-refractivity contribution in [3.8, 4) is 11.5 Å². The molecule has 1 amide bonds. The molecule has 0 aliphatic carbocycles. The monoisotopic (exact) mass is 362 g/mol. The van der Waals surface area contributed by atoms with Crippen molar-refractivity contribution in [2.75, 3.05) is 33.1 Å². The van der Waals surface area contributed by atoms with Crippen LogP contribution in [-0.4, -0.2) is 38.6 Å². The third-order valence-electron chi connectivity index (χ3n) is 3.80. The van der Waals surface area contributed by atoms with E-state index < -0.39 is 0 Å². The molecular weight excluding hydrogens is 340 g/mol. The average molecular weight is 363 g/mol. The van der Waals surface area contributed by atoms with E-state index in [4.69, 9.17) is 21.1 Å². The smallest absolute Gasteiger partial charge is 0.238 e. The lowest BCUT2D eigenvalue weighted by molar-refractivity contribution is -0.117. The summed E-state index contributed by atoms with van der Waals surface area (Å²) in [5.41, 5.74) is 2.85. The molecule has 0 aliphatic rings. The maximum atomic E-state index is 12.2. The molecule has 0 bridgehead atoms. The number of halogens is 1. The number of carbonyl (C=O) groups excluding carboxylic acids is 1. The number of rotatable bonds is 7. The minimum atomic E-state index is -0.0945. The van der Waals surface area contributed by atoms with Gasteiger partial charge < -0.3 is 14.8 Å². The van der Waals surface area contributed by atoms with Crippen LogP contribution in [0, 0.1) is 6.92 Å². The van der Waals surface area contributed by atoms with Crippen molar-refractivity contribution in [1.82, 2.24) is 4.90 Å². The van der Waals surface area contributed by atoms with Gasteiger partial charge in [0.25, 0.3) is 0 Å². The van der Waals surface area contributed by atoms with Gasteiger partial charge in [-0.1, -0.05) is 17.7 Å². The van der Waals surface area contributed by atoms with Crippen LogP contribution in [0.1, 0.15) is 11.1 Å². The van der Waals surface area contributed by atoms with Crippen molar-refractivity contribution >= 4 is 23.2 Å². The molecule has 0 atom stereocenters. The number of nitrogens with zero attached hydrogens (tertiary/aromatic N) is 1. The molecule has 0 aromatic heterocycles. The molecule has 0 fully saturated rings. The van der Waals surface area contributed by atoms with Gasteiger partial charge in [0.15, 0.2) is 11.5 Å². The number of carbonyl (C=O) groups is 1. The molecule has 1 N–H and O–H groups in total. The number of ether oxygens (including phenoxy) is 2. The van der Waals surface area contributed by atoms with Gasteiger partial charge in [0.05, 0.1) is 20.8 Å². The lowest BCUT2D eigenvalue weighted by atomic mass is 10.1. The Morgan fingerprint density at radius 2 is 1.84 bits per heavy atom. The molecule has 0 unspecified atom stereocenters. The predicted molar refractivity (Wildman–Crippen MR) is 101 cm³/mol. The second kappa shape index (κ2) is 8.74. The van der Waals surface area contributed by atoms with Crippen molar-refractivity contribution < 1.29 is 14.3 Å². The van der Waals surface area contributed by atoms with Gasteiger partial charge >= 0.3 is 0 Å². The topological polar surface area (TPSA) is 50.8 Å². The largest absolute Gasteiger partial charge is 0.493 e. The number of benzene rings is 2. The van der Waals surface area contributed by atoms with Crippen LogP contribution in [0.2, 0.25) is 5.02 Å². The summed E-state index contributed by atoms with van der Waals surface area (Å²) in [6, 6.07) is 11.0. The summed E-state index contributed by atoms with van der Waals surface area (Å²) in [6.45, 7) is 2.90. The molecule has 0 heterocycles. The molecule has 25 heavy (non-hydrogen) atoms. The first-order valence-corrected chi connectivity index (χ1v) is 8.26. The second-order valence-corrected chi connectivity index (χ2v) is 6.30. The number of methoxy groups -OCH3 is 2. The molecule has 2 rings (SSSR count). The van der Waals surface area contributed by atoms with Crippen LogP contribution in [-0.2, 0) is 11.3 Å². The second-order valence-electron chi connectivity index (χ2n) is 5.86. The first kappa shape index (κ1) is 19.1. The van der Waals surface area contributed by atoms with Crippen LogP contribution < -0.4 is 14.8 Å². The summed E-state index contributed by atoms with van der Waals surface area (Å²) in [6.07, 6.45) is 0. The Kier molecular flexibility index (Phi) is 6.67. The Labute approximate surface area is 153 Å². The van der Waals surface area contributed by atoms with Gasteiger partial charge in [-0.25, -0.2) is 0 Å². The summed E-state index contributed by atoms with van der Waals surface area (Å²) in [4.78, 5) is 14.1. The van der Waals surface area contributed by atoms with E-state index in [1.807, 2.05) is 37.1 Å². The Hall–Kier alpha value is -2.24. The summed E-state index contributed by atoms with van der Waals surface area (Å²) in [5.74, 6) is 1.29. The molecule has 2 aromatic carbocycles. The highest BCUT2D eigenvalue weighted by Gasteiger charge is 2.12. The minimum absolute atomic E-state index is 0.0945. The highest BCUT2D eigenvalue weighted by molar-refractivity contribution is 6.30. The molecule has 6 heteroatoms. The Balaban J connectivity index is 2.00. The lowest BCUT2D eigenvalue weighted by Gasteiger charge is -2.19. The third-order valence-corrected chi connectivity index (χ3v) is 4.04. The number of hydrogen-bond donors (Lipinski definition) is 1. The summed E-state index contributed by atoms with van der Waals surface area (Å²) >= 11 is 5.93. The van der Waals surface area contributed by atoms with Gasteiger partial charge in [0.2, 0.25) is 5.91 Å². The maximum absolute atomic E-state index is 12.2. The number of nitrogens with one attached hydrogen (secondary N) is 1. The van der Waals surface area contributed by atoms with Crippen LogP contribution in [0.4, 0.5) is 5.69 Å². The normalized spacial score (nSPS) is 10.6. The lowest BCUT2D eigenvalue weighted by Crippen LogP contribution is -2.30. The highest BCUT2D eigenvalue weighted by Crippen LogP contribution is 2.30. The summed E-state index contributed by atoms with van der Waals surface area (Å²) in [7, 11) is 5.12. The number of likely N-dealkylation sites (N-methyl/N-ethyl adjacent to an activating group) is 1. The molecule has 0 aliphatic heterocycles. The van der Waals surface area contributed by atoms with E-state index in [9.17, 15) is 4.79 Å². The third kappa shape index (κ3) is 5.37. The van der Waals surface area contributed by atoms with Crippen molar-refractivity contribution in [1.29, 1.82) is 0 Å². The first-order chi connectivity index (χ1) is 11.9. The number of anilines is 1. The number of hydrogen-bond acceptors (Lipinski definition) is 4. The molecule has 0 saturated carbocycles. The molecule has 0 radical (unpaired) electrons. The van der Waals surface area contributed by atoms with Crippen LogP contribution in [0.3, 0.4) is 0 Å². The predicted octanol–water partition coefficient (Wildman–Crippen LogP) is 3.74. The van der Waals surface area contributed by atoms with Crippen molar-refractivity contribution in [2.24, 2.45) is 0 Å². The van der Waals surface area contributed by atoms with Crippen LogP contribution in [0.5, 0.6) is 11.5 Å². The van der Waals surface area contributed by atoms with Gasteiger partial charge in [-0.2, -0.15) is 0 Å². The van der Waals surface area contributed by atoms with Gasteiger partial charge in [-0.15, -0.1) is 0 Å². The first-order valence-electron chi connectivity index (χ1n) is 7.88. The molecule has 2 aromatic rings. The Morgan fingerprint density at radius 3 is 2.48 bits per heavy atom. The quantitative estimate of drug-likeness (QED) is 0.815. The molecule has 0 spiro atoms. The van der Waals surface area contributed by atoms with E-state index in [-0.39, 0.29) is 12.5 Å². The number of aryl methyl sites for hydroxylation is 1. The fraction of sp³-hybridized carbons (Fsp3) is 0.316. The van der Waals surface area contributed by atoms with Gasteiger partial charge in [0.1, 0.15) is 0 Å². The van der Waals surface area contributed by atoms with Crippen molar-refractivity contribution in [2.45, 2.75) is 13.5 Å². The standard InChI is InChI=1S/C19H23ClN2O3/c1-13-8-17(24-3)18(25-4)9-14(13)11-22(2)12-19(23)21-16-7-5-6-15(20)10-16/h5-10H,11-12H2,1-4H3,(H,21,23). The van der Waals surface area contributed by atoms with Crippen LogP contribution >= 0.6 is 11.6 Å². The van der Waals surface area contributed by atoms with E-state index in [1.54, 1.807) is 32.4 Å². The van der Waals surface area contributed by atoms with Crippen molar-refractivity contribution in [3.63, 3.8) is 0 Å². The highest BCUT2D eigenvalue weighted by atomic mass is 35.5. The van der Waals surface area contributed by atoms with E-state index in [0.29, 0.717) is 28.8 Å². The zero-order valence-electron chi connectivity index (χ0n) is 14.9. The maximum Gasteiger partial charge on any atom is 0.238 e. The minimum Gasteiger partial charge on any atom is -0.493 e. The van der Waals surface area contributed by atoms with Crippen LogP contribution in [0.25, 0.3) is 0 Å². The average Bonchev–Trinajstić information content (AvgIpc) is 2.56. The fourth-order valence-corrected chi connectivity index (χ4v) is 2.74. The zero-order valence-corrected chi connectivity index (χ0v) is 15.7. The Bertz CT molecular complexity index is 749. The van der Waals surface area contributed by atoms with Gasteiger partial charge in [0, 0.05) is 17.3 Å². The van der Waals surface area contributed by atoms with E-state index in [0.717, 1.165) is 11.1 Å². The molecule has 0 saturated heterocycles. The zero-order chi connectivity index (χ0) is 18.4. The van der Waals surface area contributed by atoms with Crippen molar-refractivity contribution in [3.05, 3.63) is 52.5 Å². The van der Waals surface area contributed by atoms with Gasteiger partial charge in [-0.05, 0) is 55.4 Å². The Morgan fingerprint density at radius 1 is 1.16 bits per heavy atom. The van der Waals surface area contributed by atoms with E-state index >= 15 is 0 Å².